The summed E-state index contributed by atoms with van der Waals surface area (Å²) in [6, 6.07) is 11.5. The Hall–Kier alpha value is -1.74. The summed E-state index contributed by atoms with van der Waals surface area (Å²) in [5.74, 6) is -0.162. The fraction of sp³-hybridized carbons (Fsp3) is 0.389. The van der Waals surface area contributed by atoms with Crippen molar-refractivity contribution in [2.45, 2.75) is 39.2 Å². The molecule has 21 heavy (non-hydrogen) atoms. The van der Waals surface area contributed by atoms with Crippen LogP contribution >= 0.6 is 0 Å². The van der Waals surface area contributed by atoms with Crippen LogP contribution in [0.25, 0.3) is 0 Å². The molecule has 0 radical (unpaired) electrons. The van der Waals surface area contributed by atoms with Crippen LogP contribution in [-0.2, 0) is 12.8 Å². The highest BCUT2D eigenvalue weighted by Crippen LogP contribution is 2.14. The first-order valence-corrected chi connectivity index (χ1v) is 7.57. The summed E-state index contributed by atoms with van der Waals surface area (Å²) in [6.07, 6.45) is 4.74. The third-order valence-corrected chi connectivity index (χ3v) is 3.74. The van der Waals surface area contributed by atoms with Crippen molar-refractivity contribution < 1.29 is 4.39 Å². The fourth-order valence-corrected chi connectivity index (χ4v) is 2.59. The Kier molecular flexibility index (Phi) is 5.88. The van der Waals surface area contributed by atoms with Crippen molar-refractivity contribution in [2.24, 2.45) is 0 Å². The maximum Gasteiger partial charge on any atom is 0.123 e. The lowest BCUT2D eigenvalue weighted by molar-refractivity contribution is 0.487. The molecule has 0 saturated carbocycles. The summed E-state index contributed by atoms with van der Waals surface area (Å²) in [5, 5.41) is 3.52. The van der Waals surface area contributed by atoms with E-state index in [1.54, 1.807) is 12.1 Å². The number of hydrogen-bond acceptors (Lipinski definition) is 2. The van der Waals surface area contributed by atoms with E-state index in [4.69, 9.17) is 0 Å². The van der Waals surface area contributed by atoms with Crippen LogP contribution in [0.2, 0.25) is 0 Å². The van der Waals surface area contributed by atoms with Gasteiger partial charge in [0, 0.05) is 17.9 Å². The molecule has 0 aliphatic carbocycles. The normalized spacial score (nSPS) is 12.3. The Morgan fingerprint density at radius 3 is 2.76 bits per heavy atom. The molecule has 0 fully saturated rings. The molecule has 1 aromatic carbocycles. The molecule has 2 nitrogen and oxygen atoms in total. The van der Waals surface area contributed by atoms with Gasteiger partial charge in [-0.2, -0.15) is 0 Å². The molecule has 2 aromatic rings. The van der Waals surface area contributed by atoms with Crippen LogP contribution in [0.5, 0.6) is 0 Å². The molecule has 0 spiro atoms. The molecule has 0 aliphatic heterocycles. The minimum Gasteiger partial charge on any atom is -0.314 e. The maximum absolute atomic E-state index is 13.2. The molecule has 112 valence electrons. The quantitative estimate of drug-likeness (QED) is 0.840. The number of nitrogens with zero attached hydrogens (tertiary/aromatic N) is 1. The lowest BCUT2D eigenvalue weighted by Crippen LogP contribution is -2.31. The molecule has 1 unspecified atom stereocenters. The first-order chi connectivity index (χ1) is 10.2. The Labute approximate surface area is 126 Å². The van der Waals surface area contributed by atoms with Crippen molar-refractivity contribution in [3.8, 4) is 0 Å². The first-order valence-electron chi connectivity index (χ1n) is 7.57. The number of rotatable bonds is 7. The van der Waals surface area contributed by atoms with Crippen molar-refractivity contribution in [2.75, 3.05) is 6.54 Å². The zero-order chi connectivity index (χ0) is 15.1. The van der Waals surface area contributed by atoms with Gasteiger partial charge in [0.15, 0.2) is 0 Å². The van der Waals surface area contributed by atoms with Gasteiger partial charge < -0.3 is 5.32 Å². The molecule has 2 rings (SSSR count). The Balaban J connectivity index is 1.98. The average Bonchev–Trinajstić information content (AvgIpc) is 2.49. The van der Waals surface area contributed by atoms with Crippen molar-refractivity contribution in [3.05, 3.63) is 65.2 Å². The third-order valence-electron chi connectivity index (χ3n) is 3.74. The predicted octanol–water partition coefficient (Wildman–Crippen LogP) is 3.68. The number of benzene rings is 1. The van der Waals surface area contributed by atoms with Gasteiger partial charge in [-0.15, -0.1) is 0 Å². The number of aromatic nitrogens is 1. The highest BCUT2D eigenvalue weighted by molar-refractivity contribution is 5.27. The number of pyridine rings is 1. The molecular formula is C18H23FN2. The summed E-state index contributed by atoms with van der Waals surface area (Å²) in [6.45, 7) is 5.03. The second-order valence-electron chi connectivity index (χ2n) is 5.39. The average molecular weight is 286 g/mol. The van der Waals surface area contributed by atoms with E-state index in [0.29, 0.717) is 6.04 Å². The highest BCUT2D eigenvalue weighted by Gasteiger charge is 2.11. The van der Waals surface area contributed by atoms with Gasteiger partial charge in [-0.05, 0) is 68.1 Å². The summed E-state index contributed by atoms with van der Waals surface area (Å²) in [5.41, 5.74) is 3.36. The highest BCUT2D eigenvalue weighted by atomic mass is 19.1. The van der Waals surface area contributed by atoms with E-state index >= 15 is 0 Å². The van der Waals surface area contributed by atoms with Crippen molar-refractivity contribution in [1.82, 2.24) is 10.3 Å². The van der Waals surface area contributed by atoms with Crippen LogP contribution < -0.4 is 5.32 Å². The summed E-state index contributed by atoms with van der Waals surface area (Å²) < 4.78 is 13.2. The smallest absolute Gasteiger partial charge is 0.123 e. The number of aryl methyl sites for hydroxylation is 2. The third kappa shape index (κ3) is 4.94. The fourth-order valence-electron chi connectivity index (χ4n) is 2.59. The van der Waals surface area contributed by atoms with Crippen LogP contribution in [0.4, 0.5) is 4.39 Å². The summed E-state index contributed by atoms with van der Waals surface area (Å²) >= 11 is 0. The van der Waals surface area contributed by atoms with Crippen LogP contribution in [-0.4, -0.2) is 17.6 Å². The topological polar surface area (TPSA) is 24.9 Å². The van der Waals surface area contributed by atoms with E-state index in [1.165, 1.54) is 5.56 Å². The Bertz CT molecular complexity index is 554. The molecule has 1 heterocycles. The van der Waals surface area contributed by atoms with Gasteiger partial charge in [-0.25, -0.2) is 4.39 Å². The van der Waals surface area contributed by atoms with E-state index in [1.807, 2.05) is 31.3 Å². The second-order valence-corrected chi connectivity index (χ2v) is 5.39. The zero-order valence-corrected chi connectivity index (χ0v) is 12.8. The molecule has 0 saturated heterocycles. The van der Waals surface area contributed by atoms with E-state index in [-0.39, 0.29) is 5.82 Å². The summed E-state index contributed by atoms with van der Waals surface area (Å²) in [7, 11) is 0. The molecule has 1 N–H and O–H groups in total. The molecule has 0 amide bonds. The van der Waals surface area contributed by atoms with Gasteiger partial charge in [0.25, 0.3) is 0 Å². The van der Waals surface area contributed by atoms with Gasteiger partial charge in [-0.1, -0.05) is 19.1 Å². The van der Waals surface area contributed by atoms with Crippen LogP contribution in [0.15, 0.2) is 42.6 Å². The zero-order valence-electron chi connectivity index (χ0n) is 12.8. The monoisotopic (exact) mass is 286 g/mol. The van der Waals surface area contributed by atoms with Crippen molar-refractivity contribution in [1.29, 1.82) is 0 Å². The van der Waals surface area contributed by atoms with Crippen LogP contribution in [0.1, 0.15) is 30.2 Å². The van der Waals surface area contributed by atoms with Gasteiger partial charge in [-0.3, -0.25) is 4.98 Å². The molecule has 1 aromatic heterocycles. The second kappa shape index (κ2) is 7.89. The van der Waals surface area contributed by atoms with Gasteiger partial charge in [0.2, 0.25) is 0 Å². The molecule has 0 bridgehead atoms. The lowest BCUT2D eigenvalue weighted by atomic mass is 9.97. The number of likely N-dealkylation sites (N-methyl/N-ethyl adjacent to an activating group) is 1. The Morgan fingerprint density at radius 1 is 1.24 bits per heavy atom. The van der Waals surface area contributed by atoms with Crippen LogP contribution in [0, 0.1) is 12.7 Å². The summed E-state index contributed by atoms with van der Waals surface area (Å²) in [4.78, 5) is 4.37. The van der Waals surface area contributed by atoms with Crippen molar-refractivity contribution in [3.63, 3.8) is 0 Å². The van der Waals surface area contributed by atoms with Crippen molar-refractivity contribution >= 4 is 0 Å². The van der Waals surface area contributed by atoms with E-state index in [9.17, 15) is 4.39 Å². The maximum atomic E-state index is 13.2. The standard InChI is InChI=1S/C18H23FN2/c1-3-20-18(10-9-17-6-4-5-11-21-17)13-15-7-8-16(19)12-14(15)2/h4-8,11-12,18,20H,3,9-10,13H2,1-2H3. The van der Waals surface area contributed by atoms with Crippen LogP contribution in [0.3, 0.4) is 0 Å². The Morgan fingerprint density at radius 2 is 2.10 bits per heavy atom. The van der Waals surface area contributed by atoms with E-state index in [2.05, 4.69) is 23.3 Å². The molecule has 3 heteroatoms. The van der Waals surface area contributed by atoms with Gasteiger partial charge in [0.05, 0.1) is 0 Å². The number of halogens is 1. The lowest BCUT2D eigenvalue weighted by Gasteiger charge is -2.19. The number of nitrogens with one attached hydrogen (secondary N) is 1. The van der Waals surface area contributed by atoms with E-state index < -0.39 is 0 Å². The first kappa shape index (κ1) is 15.6. The minimum absolute atomic E-state index is 0.162. The van der Waals surface area contributed by atoms with E-state index in [0.717, 1.165) is 37.1 Å². The molecule has 1 atom stereocenters. The largest absolute Gasteiger partial charge is 0.314 e. The molecule has 0 aliphatic rings. The minimum atomic E-state index is -0.162. The SMILES string of the molecule is CCNC(CCc1ccccn1)Cc1ccc(F)cc1C. The van der Waals surface area contributed by atoms with Gasteiger partial charge >= 0.3 is 0 Å². The molecular weight excluding hydrogens is 263 g/mol. The predicted molar refractivity (Wildman–Crippen MR) is 84.9 cm³/mol. The number of hydrogen-bond donors (Lipinski definition) is 1. The van der Waals surface area contributed by atoms with Gasteiger partial charge in [0.1, 0.15) is 5.82 Å².